The number of hydrogen-bond acceptors (Lipinski definition) is 4. The number of carboxylic acid groups (broad SMARTS) is 2. The molecule has 3 N–H and O–H groups in total. The Balaban J connectivity index is 3.86. The molecule has 12 heavy (non-hydrogen) atoms. The summed E-state index contributed by atoms with van der Waals surface area (Å²) in [5, 5.41) is 18.7. The van der Waals surface area contributed by atoms with Crippen LogP contribution in [0.15, 0.2) is 5.29 Å². The van der Waals surface area contributed by atoms with Crippen LogP contribution < -0.4 is 5.43 Å². The summed E-state index contributed by atoms with van der Waals surface area (Å²) in [4.78, 5) is 29.8. The first-order valence-corrected chi connectivity index (χ1v) is 3.10. The van der Waals surface area contributed by atoms with Crippen LogP contribution in [0.4, 0.5) is 0 Å². The molecule has 7 nitrogen and oxygen atoms in total. The van der Waals surface area contributed by atoms with Gasteiger partial charge in [0.15, 0.2) is 0 Å². The van der Waals surface area contributed by atoms with Crippen molar-refractivity contribution < 1.29 is 19.8 Å². The molecule has 0 saturated carbocycles. The molecule has 0 saturated heterocycles. The Bertz CT molecular complexity index is 192. The van der Waals surface area contributed by atoms with E-state index in [-0.39, 0.29) is 12.8 Å². The first-order chi connectivity index (χ1) is 5.57. The minimum atomic E-state index is -1.30. The van der Waals surface area contributed by atoms with Gasteiger partial charge in [0.2, 0.25) is 0 Å². The van der Waals surface area contributed by atoms with E-state index in [1.807, 2.05) is 0 Å². The molecular formula is C5H8N2O5. The van der Waals surface area contributed by atoms with Gasteiger partial charge in [-0.15, -0.1) is 4.91 Å². The van der Waals surface area contributed by atoms with E-state index < -0.39 is 18.0 Å². The average molecular weight is 176 g/mol. The Kier molecular flexibility index (Phi) is 4.35. The number of nitrogens with zero attached hydrogens (tertiary/aromatic N) is 1. The molecule has 0 aromatic carbocycles. The van der Waals surface area contributed by atoms with E-state index in [2.05, 4.69) is 5.29 Å². The molecule has 1 atom stereocenters. The highest BCUT2D eigenvalue weighted by Crippen LogP contribution is 1.97. The fourth-order valence-corrected chi connectivity index (χ4v) is 0.575. The zero-order valence-corrected chi connectivity index (χ0v) is 6.06. The van der Waals surface area contributed by atoms with Gasteiger partial charge < -0.3 is 10.2 Å². The van der Waals surface area contributed by atoms with Crippen molar-refractivity contribution in [1.29, 1.82) is 0 Å². The van der Waals surface area contributed by atoms with E-state index in [0.29, 0.717) is 0 Å². The van der Waals surface area contributed by atoms with Gasteiger partial charge in [-0.2, -0.15) is 0 Å². The highest BCUT2D eigenvalue weighted by molar-refractivity contribution is 5.74. The monoisotopic (exact) mass is 176 g/mol. The van der Waals surface area contributed by atoms with Crippen LogP contribution in [0, 0.1) is 4.91 Å². The molecule has 0 aliphatic rings. The molecular weight excluding hydrogens is 168 g/mol. The second kappa shape index (κ2) is 5.05. The van der Waals surface area contributed by atoms with Crippen LogP contribution in [0.2, 0.25) is 0 Å². The van der Waals surface area contributed by atoms with Crippen LogP contribution in [-0.4, -0.2) is 28.2 Å². The standard InChI is InChI=1S/C5H8N2O5/c8-4(9)2-1-3(5(10)11)6-7-12/h3H,1-2H2,(H,6,12)(H,8,9)(H,10,11)/t3-/m0/s1. The lowest BCUT2D eigenvalue weighted by atomic mass is 10.2. The highest BCUT2D eigenvalue weighted by Gasteiger charge is 2.17. The molecule has 0 bridgehead atoms. The fourth-order valence-electron chi connectivity index (χ4n) is 0.575. The third-order valence-electron chi connectivity index (χ3n) is 1.15. The van der Waals surface area contributed by atoms with Gasteiger partial charge >= 0.3 is 11.9 Å². The number of nitrogens with one attached hydrogen (secondary N) is 1. The lowest BCUT2D eigenvalue weighted by Gasteiger charge is -2.06. The van der Waals surface area contributed by atoms with Crippen molar-refractivity contribution in [3.05, 3.63) is 4.91 Å². The normalized spacial score (nSPS) is 11.7. The Morgan fingerprint density at radius 2 is 2.00 bits per heavy atom. The van der Waals surface area contributed by atoms with E-state index in [1.165, 1.54) is 0 Å². The van der Waals surface area contributed by atoms with Crippen LogP contribution in [0.5, 0.6) is 0 Å². The molecule has 0 aliphatic carbocycles. The van der Waals surface area contributed by atoms with Crippen LogP contribution in [-0.2, 0) is 9.59 Å². The summed E-state index contributed by atoms with van der Waals surface area (Å²) < 4.78 is 0. The molecule has 0 fully saturated rings. The summed E-state index contributed by atoms with van der Waals surface area (Å²) >= 11 is 0. The van der Waals surface area contributed by atoms with E-state index >= 15 is 0 Å². The van der Waals surface area contributed by atoms with Gasteiger partial charge in [-0.25, -0.2) is 4.79 Å². The van der Waals surface area contributed by atoms with Crippen LogP contribution >= 0.6 is 0 Å². The molecule has 0 rings (SSSR count). The Morgan fingerprint density at radius 3 is 2.33 bits per heavy atom. The van der Waals surface area contributed by atoms with Gasteiger partial charge in [0.25, 0.3) is 0 Å². The first kappa shape index (κ1) is 10.3. The van der Waals surface area contributed by atoms with Crippen molar-refractivity contribution in [2.45, 2.75) is 18.9 Å². The quantitative estimate of drug-likeness (QED) is 0.373. The molecule has 7 heteroatoms. The Morgan fingerprint density at radius 1 is 1.42 bits per heavy atom. The number of carbonyl (C=O) groups is 2. The number of hydrogen-bond donors (Lipinski definition) is 3. The highest BCUT2D eigenvalue weighted by atomic mass is 16.4. The molecule has 0 radical (unpaired) electrons. The molecule has 0 spiro atoms. The van der Waals surface area contributed by atoms with Gasteiger partial charge in [-0.3, -0.25) is 10.2 Å². The summed E-state index contributed by atoms with van der Waals surface area (Å²) in [7, 11) is 0. The van der Waals surface area contributed by atoms with Crippen molar-refractivity contribution in [2.24, 2.45) is 5.29 Å². The lowest BCUT2D eigenvalue weighted by Crippen LogP contribution is -2.33. The third-order valence-corrected chi connectivity index (χ3v) is 1.15. The van der Waals surface area contributed by atoms with Crippen LogP contribution in [0.3, 0.4) is 0 Å². The molecule has 0 amide bonds. The largest absolute Gasteiger partial charge is 0.481 e. The maximum absolute atomic E-state index is 10.2. The Labute approximate surface area is 67.3 Å². The van der Waals surface area contributed by atoms with Crippen LogP contribution in [0.1, 0.15) is 12.8 Å². The SMILES string of the molecule is O=NN[C@@H](CCC(=O)O)C(=O)O. The number of rotatable bonds is 6. The maximum Gasteiger partial charge on any atom is 0.327 e. The lowest BCUT2D eigenvalue weighted by molar-refractivity contribution is -0.140. The summed E-state index contributed by atoms with van der Waals surface area (Å²) in [6.45, 7) is 0. The van der Waals surface area contributed by atoms with Gasteiger partial charge in [-0.05, 0) is 6.42 Å². The maximum atomic E-state index is 10.2. The van der Waals surface area contributed by atoms with E-state index in [0.717, 1.165) is 0 Å². The average Bonchev–Trinajstić information content (AvgIpc) is 1.96. The third kappa shape index (κ3) is 4.20. The first-order valence-electron chi connectivity index (χ1n) is 3.10. The molecule has 0 aromatic rings. The summed E-state index contributed by atoms with van der Waals surface area (Å²) in [6, 6.07) is -1.22. The molecule has 0 unspecified atom stereocenters. The van der Waals surface area contributed by atoms with Crippen LogP contribution in [0.25, 0.3) is 0 Å². The van der Waals surface area contributed by atoms with Crippen molar-refractivity contribution in [1.82, 2.24) is 5.43 Å². The van der Waals surface area contributed by atoms with Gasteiger partial charge in [-0.1, -0.05) is 0 Å². The Hall–Kier alpha value is -1.66. The summed E-state index contributed by atoms with van der Waals surface area (Å²) in [5.74, 6) is -2.41. The van der Waals surface area contributed by atoms with Crippen molar-refractivity contribution >= 4 is 11.9 Å². The van der Waals surface area contributed by atoms with E-state index in [1.54, 1.807) is 5.43 Å². The van der Waals surface area contributed by atoms with Gasteiger partial charge in [0.05, 0.1) is 5.29 Å². The zero-order chi connectivity index (χ0) is 9.56. The number of aliphatic carboxylic acids is 2. The molecule has 0 aliphatic heterocycles. The van der Waals surface area contributed by atoms with E-state index in [9.17, 15) is 14.5 Å². The minimum absolute atomic E-state index is 0.170. The molecule has 0 aromatic heterocycles. The second-order valence-corrected chi connectivity index (χ2v) is 2.04. The predicted molar refractivity (Wildman–Crippen MR) is 37.2 cm³/mol. The number of nitroso groups, excluding NO2 is 1. The smallest absolute Gasteiger partial charge is 0.327 e. The van der Waals surface area contributed by atoms with Crippen molar-refractivity contribution in [3.8, 4) is 0 Å². The van der Waals surface area contributed by atoms with Crippen molar-refractivity contribution in [3.63, 3.8) is 0 Å². The molecule has 68 valence electrons. The van der Waals surface area contributed by atoms with Crippen molar-refractivity contribution in [2.75, 3.05) is 0 Å². The topological polar surface area (TPSA) is 116 Å². The van der Waals surface area contributed by atoms with Gasteiger partial charge in [0, 0.05) is 6.42 Å². The number of carboxylic acids is 2. The fraction of sp³-hybridized carbons (Fsp3) is 0.600. The molecule has 0 heterocycles. The van der Waals surface area contributed by atoms with E-state index in [4.69, 9.17) is 10.2 Å². The second-order valence-electron chi connectivity index (χ2n) is 2.04. The summed E-state index contributed by atoms with van der Waals surface area (Å²) in [5.41, 5.74) is 1.74. The minimum Gasteiger partial charge on any atom is -0.481 e. The van der Waals surface area contributed by atoms with Gasteiger partial charge in [0.1, 0.15) is 6.04 Å². The summed E-state index contributed by atoms with van der Waals surface area (Å²) in [6.07, 6.45) is -0.490. The predicted octanol–water partition coefficient (Wildman–Crippen LogP) is -0.425. The zero-order valence-electron chi connectivity index (χ0n) is 6.06.